The highest BCUT2D eigenvalue weighted by Crippen LogP contribution is 2.34. The van der Waals surface area contributed by atoms with Gasteiger partial charge in [-0.05, 0) is 32.9 Å². The standard InChI is InChI=1S/C19H24N2OS/c1-5-10-23-18-15-12-22-19(3,4)11-16(15)20-17(21-18)14-8-6-13(2)7-9-14/h6-9H,5,10-12H2,1-4H3. The van der Waals surface area contributed by atoms with Gasteiger partial charge in [-0.25, -0.2) is 9.97 Å². The van der Waals surface area contributed by atoms with Crippen molar-refractivity contribution in [2.45, 2.75) is 57.8 Å². The zero-order valence-corrected chi connectivity index (χ0v) is 15.2. The first-order valence-electron chi connectivity index (χ1n) is 8.22. The van der Waals surface area contributed by atoms with Gasteiger partial charge in [0.1, 0.15) is 5.03 Å². The van der Waals surface area contributed by atoms with E-state index in [4.69, 9.17) is 14.7 Å². The molecule has 2 heterocycles. The third-order valence-corrected chi connectivity index (χ3v) is 5.23. The summed E-state index contributed by atoms with van der Waals surface area (Å²) >= 11 is 1.82. The van der Waals surface area contributed by atoms with Gasteiger partial charge in [0.2, 0.25) is 0 Å². The summed E-state index contributed by atoms with van der Waals surface area (Å²) < 4.78 is 5.98. The van der Waals surface area contributed by atoms with E-state index in [1.807, 2.05) is 11.8 Å². The summed E-state index contributed by atoms with van der Waals surface area (Å²) in [7, 11) is 0. The molecule has 0 radical (unpaired) electrons. The average Bonchev–Trinajstić information content (AvgIpc) is 2.51. The van der Waals surface area contributed by atoms with E-state index in [0.717, 1.165) is 40.7 Å². The van der Waals surface area contributed by atoms with Gasteiger partial charge in [0.15, 0.2) is 5.82 Å². The molecule has 1 aliphatic heterocycles. The van der Waals surface area contributed by atoms with Crippen molar-refractivity contribution < 1.29 is 4.74 Å². The topological polar surface area (TPSA) is 35.0 Å². The monoisotopic (exact) mass is 328 g/mol. The van der Waals surface area contributed by atoms with Crippen LogP contribution in [0.5, 0.6) is 0 Å². The molecular weight excluding hydrogens is 304 g/mol. The predicted octanol–water partition coefficient (Wildman–Crippen LogP) is 4.81. The van der Waals surface area contributed by atoms with Crippen LogP contribution in [0.3, 0.4) is 0 Å². The molecular formula is C19H24N2OS. The molecule has 0 spiro atoms. The first-order chi connectivity index (χ1) is 11.0. The Kier molecular flexibility index (Phi) is 4.74. The first kappa shape index (κ1) is 16.5. The molecule has 0 saturated carbocycles. The molecule has 1 aromatic carbocycles. The van der Waals surface area contributed by atoms with Crippen LogP contribution in [0.1, 0.15) is 44.0 Å². The fourth-order valence-corrected chi connectivity index (χ4v) is 3.57. The van der Waals surface area contributed by atoms with Gasteiger partial charge >= 0.3 is 0 Å². The lowest BCUT2D eigenvalue weighted by Crippen LogP contribution is -2.33. The maximum Gasteiger partial charge on any atom is 0.160 e. The van der Waals surface area contributed by atoms with E-state index in [1.54, 1.807) is 0 Å². The number of fused-ring (bicyclic) bond motifs is 1. The van der Waals surface area contributed by atoms with Gasteiger partial charge in [-0.15, -0.1) is 11.8 Å². The molecule has 0 atom stereocenters. The van der Waals surface area contributed by atoms with Crippen LogP contribution in [0.2, 0.25) is 0 Å². The summed E-state index contributed by atoms with van der Waals surface area (Å²) in [6.07, 6.45) is 1.97. The maximum absolute atomic E-state index is 5.98. The molecule has 0 saturated heterocycles. The minimum atomic E-state index is -0.154. The Morgan fingerprint density at radius 2 is 1.91 bits per heavy atom. The van der Waals surface area contributed by atoms with Crippen LogP contribution in [-0.4, -0.2) is 21.3 Å². The van der Waals surface area contributed by atoms with Crippen molar-refractivity contribution in [2.24, 2.45) is 0 Å². The summed E-state index contributed by atoms with van der Waals surface area (Å²) in [5, 5.41) is 1.09. The van der Waals surface area contributed by atoms with Gasteiger partial charge in [-0.1, -0.05) is 36.8 Å². The third kappa shape index (κ3) is 3.75. The zero-order valence-electron chi connectivity index (χ0n) is 14.3. The number of aromatic nitrogens is 2. The maximum atomic E-state index is 5.98. The minimum absolute atomic E-state index is 0.154. The largest absolute Gasteiger partial charge is 0.370 e. The van der Waals surface area contributed by atoms with Crippen molar-refractivity contribution >= 4 is 11.8 Å². The van der Waals surface area contributed by atoms with Crippen LogP contribution in [0.4, 0.5) is 0 Å². The highest BCUT2D eigenvalue weighted by molar-refractivity contribution is 7.99. The summed E-state index contributed by atoms with van der Waals surface area (Å²) in [5.74, 6) is 1.90. The summed E-state index contributed by atoms with van der Waals surface area (Å²) in [5.41, 5.74) is 4.51. The smallest absolute Gasteiger partial charge is 0.160 e. The summed E-state index contributed by atoms with van der Waals surface area (Å²) in [6.45, 7) is 9.16. The number of thioether (sulfide) groups is 1. The second-order valence-corrected chi connectivity index (χ2v) is 7.80. The van der Waals surface area contributed by atoms with Crippen LogP contribution in [0.25, 0.3) is 11.4 Å². The molecule has 0 aliphatic carbocycles. The molecule has 0 bridgehead atoms. The van der Waals surface area contributed by atoms with Gasteiger partial charge in [-0.3, -0.25) is 0 Å². The average molecular weight is 328 g/mol. The Morgan fingerprint density at radius 1 is 1.17 bits per heavy atom. The van der Waals surface area contributed by atoms with Crippen molar-refractivity contribution in [2.75, 3.05) is 5.75 Å². The van der Waals surface area contributed by atoms with Gasteiger partial charge in [0.25, 0.3) is 0 Å². The van der Waals surface area contributed by atoms with E-state index in [2.05, 4.69) is 52.0 Å². The highest BCUT2D eigenvalue weighted by Gasteiger charge is 2.30. The van der Waals surface area contributed by atoms with Crippen molar-refractivity contribution in [3.8, 4) is 11.4 Å². The Labute approximate surface area is 142 Å². The lowest BCUT2D eigenvalue weighted by atomic mass is 9.96. The van der Waals surface area contributed by atoms with Crippen LogP contribution in [0.15, 0.2) is 29.3 Å². The van der Waals surface area contributed by atoms with Gasteiger partial charge < -0.3 is 4.74 Å². The number of hydrogen-bond acceptors (Lipinski definition) is 4. The van der Waals surface area contributed by atoms with Crippen LogP contribution in [-0.2, 0) is 17.8 Å². The lowest BCUT2D eigenvalue weighted by molar-refractivity contribution is -0.0428. The predicted molar refractivity (Wildman–Crippen MR) is 95.8 cm³/mol. The number of hydrogen-bond donors (Lipinski definition) is 0. The van der Waals surface area contributed by atoms with Crippen LogP contribution >= 0.6 is 11.8 Å². The fourth-order valence-electron chi connectivity index (χ4n) is 2.67. The molecule has 1 aliphatic rings. The second-order valence-electron chi connectivity index (χ2n) is 6.72. The molecule has 3 rings (SSSR count). The quantitative estimate of drug-likeness (QED) is 0.596. The van der Waals surface area contributed by atoms with Gasteiger partial charge in [-0.2, -0.15) is 0 Å². The first-order valence-corrected chi connectivity index (χ1v) is 9.20. The molecule has 122 valence electrons. The second kappa shape index (κ2) is 6.62. The lowest BCUT2D eigenvalue weighted by Gasteiger charge is -2.32. The van der Waals surface area contributed by atoms with E-state index < -0.39 is 0 Å². The molecule has 0 fully saturated rings. The minimum Gasteiger partial charge on any atom is -0.370 e. The molecule has 0 N–H and O–H groups in total. The molecule has 1 aromatic heterocycles. The fraction of sp³-hybridized carbons (Fsp3) is 0.474. The Hall–Kier alpha value is -1.39. The van der Waals surface area contributed by atoms with Crippen LogP contribution in [0, 0.1) is 6.92 Å². The van der Waals surface area contributed by atoms with Crippen molar-refractivity contribution in [1.82, 2.24) is 9.97 Å². The number of benzene rings is 1. The van der Waals surface area contributed by atoms with Crippen molar-refractivity contribution in [3.63, 3.8) is 0 Å². The van der Waals surface area contributed by atoms with E-state index >= 15 is 0 Å². The SMILES string of the molecule is CCCSc1nc(-c2ccc(C)cc2)nc2c1COC(C)(C)C2. The summed E-state index contributed by atoms with van der Waals surface area (Å²) in [6, 6.07) is 8.44. The number of rotatable bonds is 4. The Bertz CT molecular complexity index is 695. The highest BCUT2D eigenvalue weighted by atomic mass is 32.2. The van der Waals surface area contributed by atoms with Gasteiger partial charge in [0.05, 0.1) is 17.9 Å². The van der Waals surface area contributed by atoms with Gasteiger partial charge in [0, 0.05) is 17.5 Å². The molecule has 4 heteroatoms. The van der Waals surface area contributed by atoms with Crippen molar-refractivity contribution in [3.05, 3.63) is 41.1 Å². The molecule has 0 amide bonds. The van der Waals surface area contributed by atoms with E-state index in [-0.39, 0.29) is 5.60 Å². The van der Waals surface area contributed by atoms with Crippen LogP contribution < -0.4 is 0 Å². The van der Waals surface area contributed by atoms with E-state index in [9.17, 15) is 0 Å². The Morgan fingerprint density at radius 3 is 2.61 bits per heavy atom. The molecule has 23 heavy (non-hydrogen) atoms. The number of aryl methyl sites for hydroxylation is 1. The molecule has 3 nitrogen and oxygen atoms in total. The third-order valence-electron chi connectivity index (χ3n) is 4.01. The normalized spacial score (nSPS) is 16.2. The molecule has 0 unspecified atom stereocenters. The van der Waals surface area contributed by atoms with Crippen molar-refractivity contribution in [1.29, 1.82) is 0 Å². The Balaban J connectivity index is 2.05. The molecule has 2 aromatic rings. The van der Waals surface area contributed by atoms with E-state index in [0.29, 0.717) is 6.61 Å². The number of nitrogens with zero attached hydrogens (tertiary/aromatic N) is 2. The zero-order chi connectivity index (χ0) is 16.4. The summed E-state index contributed by atoms with van der Waals surface area (Å²) in [4.78, 5) is 9.72. The van der Waals surface area contributed by atoms with E-state index in [1.165, 1.54) is 11.1 Å². The number of ether oxygens (including phenoxy) is 1.